The van der Waals surface area contributed by atoms with Crippen LogP contribution in [0.15, 0.2) is 71.7 Å². The van der Waals surface area contributed by atoms with Crippen LogP contribution in [0.1, 0.15) is 23.5 Å². The summed E-state index contributed by atoms with van der Waals surface area (Å²) in [6.07, 6.45) is 2.76. The molecule has 0 N–H and O–H groups in total. The summed E-state index contributed by atoms with van der Waals surface area (Å²) in [4.78, 5) is 0. The summed E-state index contributed by atoms with van der Waals surface area (Å²) in [7, 11) is 0. The molecule has 1 atom stereocenters. The third-order valence-corrected chi connectivity index (χ3v) is 4.52. The molecule has 114 valence electrons. The van der Waals surface area contributed by atoms with E-state index in [9.17, 15) is 10.5 Å². The molecular formula is C20H17BrN2. The van der Waals surface area contributed by atoms with Gasteiger partial charge >= 0.3 is 0 Å². The van der Waals surface area contributed by atoms with Crippen LogP contribution in [0.5, 0.6) is 0 Å². The Morgan fingerprint density at radius 2 is 1.65 bits per heavy atom. The zero-order valence-corrected chi connectivity index (χ0v) is 14.3. The molecule has 0 fully saturated rings. The van der Waals surface area contributed by atoms with Gasteiger partial charge in [0.25, 0.3) is 0 Å². The third-order valence-electron chi connectivity index (χ3n) is 3.99. The lowest BCUT2D eigenvalue weighted by molar-refractivity contribution is 0.408. The summed E-state index contributed by atoms with van der Waals surface area (Å²) >= 11 is 3.42. The maximum atomic E-state index is 9.83. The van der Waals surface area contributed by atoms with Gasteiger partial charge in [-0.05, 0) is 29.7 Å². The van der Waals surface area contributed by atoms with Crippen molar-refractivity contribution in [3.8, 4) is 12.1 Å². The molecule has 3 heteroatoms. The lowest BCUT2D eigenvalue weighted by Gasteiger charge is -2.29. The Labute approximate surface area is 145 Å². The smallest absolute Gasteiger partial charge is 0.154 e. The van der Waals surface area contributed by atoms with Crippen LogP contribution >= 0.6 is 15.9 Å². The summed E-state index contributed by atoms with van der Waals surface area (Å²) in [6, 6.07) is 22.1. The van der Waals surface area contributed by atoms with E-state index >= 15 is 0 Å². The molecular weight excluding hydrogens is 348 g/mol. The van der Waals surface area contributed by atoms with E-state index in [-0.39, 0.29) is 5.92 Å². The topological polar surface area (TPSA) is 47.6 Å². The molecule has 0 amide bonds. The summed E-state index contributed by atoms with van der Waals surface area (Å²) in [5.41, 5.74) is 0.845. The van der Waals surface area contributed by atoms with E-state index in [1.54, 1.807) is 6.08 Å². The number of nitriles is 2. The highest BCUT2D eigenvalue weighted by molar-refractivity contribution is 9.10. The number of benzene rings is 2. The third kappa shape index (κ3) is 3.89. The average Bonchev–Trinajstić information content (AvgIpc) is 2.60. The predicted octanol–water partition coefficient (Wildman–Crippen LogP) is 5.39. The van der Waals surface area contributed by atoms with Crippen LogP contribution in [0, 0.1) is 28.1 Å². The van der Waals surface area contributed by atoms with Gasteiger partial charge in [0.1, 0.15) is 0 Å². The fraction of sp³-hybridized carbons (Fsp3) is 0.200. The molecule has 23 heavy (non-hydrogen) atoms. The minimum Gasteiger partial charge on any atom is -0.197 e. The normalized spacial score (nSPS) is 12.0. The van der Waals surface area contributed by atoms with Gasteiger partial charge in [-0.15, -0.1) is 6.58 Å². The van der Waals surface area contributed by atoms with E-state index in [0.717, 1.165) is 15.6 Å². The van der Waals surface area contributed by atoms with Gasteiger partial charge in [-0.1, -0.05) is 64.5 Å². The van der Waals surface area contributed by atoms with Crippen LogP contribution in [0.4, 0.5) is 0 Å². The molecule has 1 unspecified atom stereocenters. The van der Waals surface area contributed by atoms with E-state index in [1.165, 1.54) is 0 Å². The molecule has 2 aromatic rings. The summed E-state index contributed by atoms with van der Waals surface area (Å²) in [5.74, 6) is -0.219. The van der Waals surface area contributed by atoms with Crippen LogP contribution in [-0.2, 0) is 6.42 Å². The van der Waals surface area contributed by atoms with Gasteiger partial charge in [-0.2, -0.15) is 10.5 Å². The van der Waals surface area contributed by atoms with Crippen molar-refractivity contribution < 1.29 is 0 Å². The van der Waals surface area contributed by atoms with Crippen LogP contribution in [0.3, 0.4) is 0 Å². The van der Waals surface area contributed by atoms with Crippen LogP contribution in [0.25, 0.3) is 0 Å². The Morgan fingerprint density at radius 1 is 1.04 bits per heavy atom. The van der Waals surface area contributed by atoms with Crippen LogP contribution < -0.4 is 0 Å². The SMILES string of the molecule is C=CCC(c1ccc(Br)cc1)C(C#N)(C#N)Cc1ccccc1. The van der Waals surface area contributed by atoms with Gasteiger partial charge in [-0.3, -0.25) is 0 Å². The number of nitrogens with zero attached hydrogens (tertiary/aromatic N) is 2. The highest BCUT2D eigenvalue weighted by Crippen LogP contribution is 2.41. The Kier molecular flexibility index (Phi) is 5.74. The van der Waals surface area contributed by atoms with Gasteiger partial charge in [0.15, 0.2) is 5.41 Å². The second-order valence-electron chi connectivity index (χ2n) is 5.49. The predicted molar refractivity (Wildman–Crippen MR) is 95.5 cm³/mol. The zero-order chi connectivity index (χ0) is 16.7. The Balaban J connectivity index is 2.46. The first-order valence-corrected chi connectivity index (χ1v) is 8.17. The molecule has 0 saturated heterocycles. The van der Waals surface area contributed by atoms with Gasteiger partial charge in [-0.25, -0.2) is 0 Å². The molecule has 0 saturated carbocycles. The first-order chi connectivity index (χ1) is 11.1. The number of halogens is 1. The van der Waals surface area contributed by atoms with E-state index in [2.05, 4.69) is 34.6 Å². The quantitative estimate of drug-likeness (QED) is 0.645. The van der Waals surface area contributed by atoms with Gasteiger partial charge in [0, 0.05) is 16.8 Å². The number of hydrogen-bond acceptors (Lipinski definition) is 2. The Hall–Kier alpha value is -2.36. The monoisotopic (exact) mass is 364 g/mol. The fourth-order valence-electron chi connectivity index (χ4n) is 2.78. The largest absolute Gasteiger partial charge is 0.197 e. The first kappa shape index (κ1) is 17.0. The molecule has 0 aromatic heterocycles. The first-order valence-electron chi connectivity index (χ1n) is 7.38. The van der Waals surface area contributed by atoms with Gasteiger partial charge in [0.05, 0.1) is 12.1 Å². The summed E-state index contributed by atoms with van der Waals surface area (Å²) < 4.78 is 0.973. The number of rotatable bonds is 6. The maximum absolute atomic E-state index is 9.83. The van der Waals surface area contributed by atoms with E-state index in [0.29, 0.717) is 12.8 Å². The highest BCUT2D eigenvalue weighted by Gasteiger charge is 2.40. The number of hydrogen-bond donors (Lipinski definition) is 0. The standard InChI is InChI=1S/C20H17BrN2/c1-2-6-19(17-9-11-18(21)12-10-17)20(14-22,15-23)13-16-7-4-3-5-8-16/h2-5,7-12,19H,1,6,13H2. The zero-order valence-electron chi connectivity index (χ0n) is 12.7. The molecule has 0 aliphatic carbocycles. The van der Waals surface area contributed by atoms with Crippen molar-refractivity contribution in [3.63, 3.8) is 0 Å². The van der Waals surface area contributed by atoms with E-state index in [1.807, 2.05) is 54.6 Å². The second-order valence-corrected chi connectivity index (χ2v) is 6.40. The molecule has 0 heterocycles. The Bertz CT molecular complexity index is 722. The average molecular weight is 365 g/mol. The van der Waals surface area contributed by atoms with Crippen molar-refractivity contribution in [1.82, 2.24) is 0 Å². The van der Waals surface area contributed by atoms with Gasteiger partial charge in [0.2, 0.25) is 0 Å². The number of allylic oxidation sites excluding steroid dienone is 1. The van der Waals surface area contributed by atoms with Crippen molar-refractivity contribution in [2.75, 3.05) is 0 Å². The summed E-state index contributed by atoms with van der Waals surface area (Å²) in [6.45, 7) is 3.80. The lowest BCUT2D eigenvalue weighted by atomic mass is 9.69. The van der Waals surface area contributed by atoms with Crippen molar-refractivity contribution in [2.45, 2.75) is 18.8 Å². The van der Waals surface area contributed by atoms with Crippen molar-refractivity contribution >= 4 is 15.9 Å². The molecule has 0 bridgehead atoms. The van der Waals surface area contributed by atoms with E-state index < -0.39 is 5.41 Å². The molecule has 2 aromatic carbocycles. The minimum absolute atomic E-state index is 0.219. The molecule has 2 nitrogen and oxygen atoms in total. The second kappa shape index (κ2) is 7.77. The molecule has 0 aliphatic heterocycles. The van der Waals surface area contributed by atoms with Crippen LogP contribution in [-0.4, -0.2) is 0 Å². The summed E-state index contributed by atoms with van der Waals surface area (Å²) in [5, 5.41) is 19.7. The minimum atomic E-state index is -1.12. The Morgan fingerprint density at radius 3 is 2.17 bits per heavy atom. The molecule has 2 rings (SSSR count). The van der Waals surface area contributed by atoms with Crippen molar-refractivity contribution in [1.29, 1.82) is 10.5 Å². The van der Waals surface area contributed by atoms with E-state index in [4.69, 9.17) is 0 Å². The van der Waals surface area contributed by atoms with Crippen LogP contribution in [0.2, 0.25) is 0 Å². The maximum Gasteiger partial charge on any atom is 0.154 e. The fourth-order valence-corrected chi connectivity index (χ4v) is 3.05. The molecule has 0 spiro atoms. The van der Waals surface area contributed by atoms with Gasteiger partial charge < -0.3 is 0 Å². The lowest BCUT2D eigenvalue weighted by Crippen LogP contribution is -2.28. The van der Waals surface area contributed by atoms with Crippen molar-refractivity contribution in [2.24, 2.45) is 5.41 Å². The molecule has 0 aliphatic rings. The molecule has 0 radical (unpaired) electrons. The van der Waals surface area contributed by atoms with Crippen molar-refractivity contribution in [3.05, 3.63) is 82.9 Å². The highest BCUT2D eigenvalue weighted by atomic mass is 79.9.